The number of hydrogen-bond acceptors (Lipinski definition) is 1. The molecule has 1 nitrogen and oxygen atoms in total. The van der Waals surface area contributed by atoms with E-state index >= 15 is 0 Å². The first-order chi connectivity index (χ1) is 9.29. The molecule has 19 heavy (non-hydrogen) atoms. The predicted octanol–water partition coefficient (Wildman–Crippen LogP) is 5.23. The molecule has 0 N–H and O–H groups in total. The summed E-state index contributed by atoms with van der Waals surface area (Å²) in [5, 5.41) is 0. The molecule has 0 heterocycles. The van der Waals surface area contributed by atoms with Gasteiger partial charge in [-0.15, -0.1) is 8.58 Å². The molecular weight excluding hydrogens is 251 g/mol. The van der Waals surface area contributed by atoms with E-state index < -0.39 is 0 Å². The van der Waals surface area contributed by atoms with Crippen LogP contribution in [0.2, 0.25) is 0 Å². The Hall–Kier alpha value is -0.810. The lowest BCUT2D eigenvalue weighted by Crippen LogP contribution is -2.15. The number of hydrogen-bond donors (Lipinski definition) is 0. The van der Waals surface area contributed by atoms with Crippen LogP contribution in [0, 0.1) is 12.8 Å². The Morgan fingerprint density at radius 1 is 1.26 bits per heavy atom. The van der Waals surface area contributed by atoms with Crippen LogP contribution in [0.15, 0.2) is 24.0 Å². The third kappa shape index (κ3) is 4.66. The molecule has 2 rings (SSSR count). The fraction of sp³-hybridized carbons (Fsp3) is 0.529. The van der Waals surface area contributed by atoms with Gasteiger partial charge in [-0.1, -0.05) is 37.2 Å². The summed E-state index contributed by atoms with van der Waals surface area (Å²) in [5.41, 5.74) is 2.61. The molecule has 0 saturated heterocycles. The van der Waals surface area contributed by atoms with Gasteiger partial charge in [0.2, 0.25) is 0 Å². The SMILES string of the molecule is CP/C=C/c1cc(OCC2CCCCC2)ccc1C. The smallest absolute Gasteiger partial charge is 0.119 e. The zero-order chi connectivity index (χ0) is 13.5. The van der Waals surface area contributed by atoms with Crippen LogP contribution in [0.1, 0.15) is 43.2 Å². The van der Waals surface area contributed by atoms with Gasteiger partial charge >= 0.3 is 0 Å². The summed E-state index contributed by atoms with van der Waals surface area (Å²) < 4.78 is 5.99. The van der Waals surface area contributed by atoms with Gasteiger partial charge in [-0.25, -0.2) is 0 Å². The van der Waals surface area contributed by atoms with Crippen molar-refractivity contribution in [2.75, 3.05) is 13.3 Å². The van der Waals surface area contributed by atoms with Gasteiger partial charge in [-0.3, -0.25) is 0 Å². The fourth-order valence-electron chi connectivity index (χ4n) is 2.63. The highest BCUT2D eigenvalue weighted by Gasteiger charge is 2.13. The Labute approximate surface area is 119 Å². The fourth-order valence-corrected chi connectivity index (χ4v) is 2.98. The number of aryl methyl sites for hydroxylation is 1. The quantitative estimate of drug-likeness (QED) is 0.669. The maximum atomic E-state index is 5.99. The van der Waals surface area contributed by atoms with E-state index in [4.69, 9.17) is 4.74 Å². The molecule has 1 aromatic rings. The van der Waals surface area contributed by atoms with Crippen molar-refractivity contribution in [1.82, 2.24) is 0 Å². The van der Waals surface area contributed by atoms with Crippen molar-refractivity contribution in [2.24, 2.45) is 5.92 Å². The van der Waals surface area contributed by atoms with Crippen molar-refractivity contribution in [3.63, 3.8) is 0 Å². The van der Waals surface area contributed by atoms with Crippen LogP contribution < -0.4 is 4.74 Å². The van der Waals surface area contributed by atoms with Crippen LogP contribution in [-0.2, 0) is 0 Å². The Morgan fingerprint density at radius 2 is 2.05 bits per heavy atom. The second-order valence-corrected chi connectivity index (χ2v) is 6.37. The first kappa shape index (κ1) is 14.6. The summed E-state index contributed by atoms with van der Waals surface area (Å²) >= 11 is 0. The summed E-state index contributed by atoms with van der Waals surface area (Å²) in [6.07, 6.45) is 9.07. The number of benzene rings is 1. The number of ether oxygens (including phenoxy) is 1. The van der Waals surface area contributed by atoms with E-state index in [1.54, 1.807) is 0 Å². The molecule has 1 aliphatic rings. The second kappa shape index (κ2) is 7.70. The van der Waals surface area contributed by atoms with Crippen molar-refractivity contribution in [3.05, 3.63) is 35.1 Å². The van der Waals surface area contributed by atoms with Gasteiger partial charge in [0.15, 0.2) is 0 Å². The highest BCUT2D eigenvalue weighted by Crippen LogP contribution is 2.26. The Kier molecular flexibility index (Phi) is 5.92. The molecule has 1 fully saturated rings. The van der Waals surface area contributed by atoms with E-state index in [9.17, 15) is 0 Å². The molecule has 0 spiro atoms. The topological polar surface area (TPSA) is 9.23 Å². The Bertz CT molecular complexity index is 419. The molecule has 1 aromatic carbocycles. The van der Waals surface area contributed by atoms with Crippen LogP contribution >= 0.6 is 8.58 Å². The molecule has 0 aliphatic heterocycles. The van der Waals surface area contributed by atoms with Gasteiger partial charge < -0.3 is 4.74 Å². The second-order valence-electron chi connectivity index (χ2n) is 5.46. The first-order valence-electron chi connectivity index (χ1n) is 7.37. The zero-order valence-corrected chi connectivity index (χ0v) is 13.1. The van der Waals surface area contributed by atoms with Gasteiger partial charge in [0.25, 0.3) is 0 Å². The van der Waals surface area contributed by atoms with Crippen LogP contribution in [0.3, 0.4) is 0 Å². The standard InChI is InChI=1S/C17H25OP/c1-14-8-9-17(12-16(14)10-11-19-2)18-13-15-6-4-3-5-7-15/h8-12,15,19H,3-7,13H2,1-2H3/b11-10+. The minimum atomic E-state index is 0.770. The average Bonchev–Trinajstić information content (AvgIpc) is 2.46. The predicted molar refractivity (Wildman–Crippen MR) is 86.5 cm³/mol. The van der Waals surface area contributed by atoms with E-state index in [1.165, 1.54) is 43.2 Å². The number of rotatable bonds is 5. The molecule has 1 atom stereocenters. The minimum Gasteiger partial charge on any atom is -0.493 e. The van der Waals surface area contributed by atoms with Crippen molar-refractivity contribution >= 4 is 14.7 Å². The zero-order valence-electron chi connectivity index (χ0n) is 12.1. The van der Waals surface area contributed by atoms with Gasteiger partial charge in [0.05, 0.1) is 6.61 Å². The monoisotopic (exact) mass is 276 g/mol. The maximum Gasteiger partial charge on any atom is 0.119 e. The van der Waals surface area contributed by atoms with E-state index in [-0.39, 0.29) is 0 Å². The Balaban J connectivity index is 1.94. The van der Waals surface area contributed by atoms with Crippen LogP contribution in [0.5, 0.6) is 5.75 Å². The molecule has 1 unspecified atom stereocenters. The molecule has 0 bridgehead atoms. The van der Waals surface area contributed by atoms with Crippen LogP contribution in [0.25, 0.3) is 6.08 Å². The van der Waals surface area contributed by atoms with Crippen molar-refractivity contribution < 1.29 is 4.74 Å². The van der Waals surface area contributed by atoms with E-state index in [0.29, 0.717) is 0 Å². The molecular formula is C17H25OP. The maximum absolute atomic E-state index is 5.99. The minimum absolute atomic E-state index is 0.770. The highest BCUT2D eigenvalue weighted by molar-refractivity contribution is 7.40. The molecule has 0 aromatic heterocycles. The van der Waals surface area contributed by atoms with Crippen molar-refractivity contribution in [3.8, 4) is 5.75 Å². The third-order valence-corrected chi connectivity index (χ3v) is 4.39. The lowest BCUT2D eigenvalue weighted by Gasteiger charge is -2.21. The lowest BCUT2D eigenvalue weighted by atomic mass is 9.90. The van der Waals surface area contributed by atoms with Crippen molar-refractivity contribution in [1.29, 1.82) is 0 Å². The van der Waals surface area contributed by atoms with Crippen LogP contribution in [0.4, 0.5) is 0 Å². The molecule has 2 heteroatoms. The van der Waals surface area contributed by atoms with Gasteiger partial charge in [-0.05, 0) is 55.6 Å². The summed E-state index contributed by atoms with van der Waals surface area (Å²) in [5.74, 6) is 4.02. The largest absolute Gasteiger partial charge is 0.493 e. The molecule has 1 aliphatic carbocycles. The van der Waals surface area contributed by atoms with Crippen LogP contribution in [-0.4, -0.2) is 13.3 Å². The summed E-state index contributed by atoms with van der Waals surface area (Å²) in [4.78, 5) is 0. The van der Waals surface area contributed by atoms with Gasteiger partial charge in [-0.2, -0.15) is 0 Å². The van der Waals surface area contributed by atoms with Gasteiger partial charge in [0.1, 0.15) is 5.75 Å². The van der Waals surface area contributed by atoms with E-state index in [1.807, 2.05) is 0 Å². The summed E-state index contributed by atoms with van der Waals surface area (Å²) in [6, 6.07) is 6.44. The van der Waals surface area contributed by atoms with E-state index in [2.05, 4.69) is 43.7 Å². The normalized spacial score (nSPS) is 17.6. The molecule has 0 amide bonds. The molecule has 104 valence electrons. The van der Waals surface area contributed by atoms with E-state index in [0.717, 1.165) is 26.9 Å². The highest BCUT2D eigenvalue weighted by atomic mass is 31.1. The third-order valence-electron chi connectivity index (χ3n) is 3.89. The summed E-state index contributed by atoms with van der Waals surface area (Å²) in [6.45, 7) is 5.24. The molecule has 1 saturated carbocycles. The van der Waals surface area contributed by atoms with Crippen molar-refractivity contribution in [2.45, 2.75) is 39.0 Å². The summed E-state index contributed by atoms with van der Waals surface area (Å²) in [7, 11) is 0.859. The average molecular weight is 276 g/mol. The molecule has 0 radical (unpaired) electrons. The van der Waals surface area contributed by atoms with Gasteiger partial charge in [0, 0.05) is 0 Å². The Morgan fingerprint density at radius 3 is 2.79 bits per heavy atom. The lowest BCUT2D eigenvalue weighted by molar-refractivity contribution is 0.209. The first-order valence-corrected chi connectivity index (χ1v) is 8.94.